The number of rotatable bonds is 4. The van der Waals surface area contributed by atoms with Crippen molar-refractivity contribution >= 4 is 45.8 Å². The Kier molecular flexibility index (Phi) is 5.55. The van der Waals surface area contributed by atoms with Crippen molar-refractivity contribution < 1.29 is 28.7 Å². The number of halogens is 1. The molecule has 0 unspecified atom stereocenters. The van der Waals surface area contributed by atoms with Gasteiger partial charge in [0.05, 0.1) is 17.1 Å². The number of esters is 1. The number of barbiturate groups is 1. The van der Waals surface area contributed by atoms with E-state index >= 15 is 0 Å². The number of carbonyl (C=O) groups is 4. The van der Waals surface area contributed by atoms with E-state index in [4.69, 9.17) is 9.47 Å². The molecule has 0 atom stereocenters. The molecule has 142 valence electrons. The number of hydrogen-bond acceptors (Lipinski definition) is 6. The normalized spacial score (nSPS) is 13.5. The molecule has 28 heavy (non-hydrogen) atoms. The molecule has 1 saturated heterocycles. The van der Waals surface area contributed by atoms with Gasteiger partial charge in [0.25, 0.3) is 11.8 Å². The molecule has 0 bridgehead atoms. The van der Waals surface area contributed by atoms with Crippen molar-refractivity contribution in [2.45, 2.75) is 0 Å². The van der Waals surface area contributed by atoms with Gasteiger partial charge in [0.1, 0.15) is 5.57 Å². The van der Waals surface area contributed by atoms with E-state index < -0.39 is 23.8 Å². The Balaban J connectivity index is 1.93. The quantitative estimate of drug-likeness (QED) is 0.324. The number of methoxy groups -OCH3 is 1. The van der Waals surface area contributed by atoms with Crippen LogP contribution < -0.4 is 20.1 Å². The zero-order valence-corrected chi connectivity index (χ0v) is 16.0. The molecule has 0 radical (unpaired) electrons. The van der Waals surface area contributed by atoms with Crippen LogP contribution in [0.15, 0.2) is 52.5 Å². The van der Waals surface area contributed by atoms with Crippen molar-refractivity contribution in [1.29, 1.82) is 0 Å². The van der Waals surface area contributed by atoms with Gasteiger partial charge in [-0.15, -0.1) is 0 Å². The Bertz CT molecular complexity index is 995. The largest absolute Gasteiger partial charge is 0.493 e. The number of hydrogen-bond donors (Lipinski definition) is 2. The SMILES string of the molecule is COc1cc(C=C2C(=O)NC(=O)NC2=O)cc(Br)c1OC(=O)c1ccccc1. The number of ether oxygens (including phenoxy) is 2. The van der Waals surface area contributed by atoms with Crippen LogP contribution in [0.25, 0.3) is 6.08 Å². The lowest BCUT2D eigenvalue weighted by atomic mass is 10.1. The van der Waals surface area contributed by atoms with Gasteiger partial charge in [0, 0.05) is 0 Å². The minimum atomic E-state index is -0.880. The van der Waals surface area contributed by atoms with Crippen molar-refractivity contribution in [1.82, 2.24) is 10.6 Å². The monoisotopic (exact) mass is 444 g/mol. The van der Waals surface area contributed by atoms with Gasteiger partial charge < -0.3 is 9.47 Å². The van der Waals surface area contributed by atoms with Crippen LogP contribution in [0, 0.1) is 0 Å². The topological polar surface area (TPSA) is 111 Å². The second kappa shape index (κ2) is 8.05. The maximum absolute atomic E-state index is 12.3. The smallest absolute Gasteiger partial charge is 0.343 e. The van der Waals surface area contributed by atoms with Gasteiger partial charge >= 0.3 is 12.0 Å². The molecule has 8 nitrogen and oxygen atoms in total. The van der Waals surface area contributed by atoms with Crippen LogP contribution in [-0.4, -0.2) is 30.9 Å². The van der Waals surface area contributed by atoms with E-state index in [-0.39, 0.29) is 17.1 Å². The number of urea groups is 1. The van der Waals surface area contributed by atoms with Gasteiger partial charge in [-0.3, -0.25) is 20.2 Å². The van der Waals surface area contributed by atoms with Crippen molar-refractivity contribution in [2.24, 2.45) is 0 Å². The van der Waals surface area contributed by atoms with Crippen LogP contribution in [0.1, 0.15) is 15.9 Å². The van der Waals surface area contributed by atoms with Crippen molar-refractivity contribution in [3.63, 3.8) is 0 Å². The third-order valence-electron chi connectivity index (χ3n) is 3.71. The molecule has 0 aromatic heterocycles. The zero-order chi connectivity index (χ0) is 20.3. The van der Waals surface area contributed by atoms with E-state index in [1.54, 1.807) is 36.4 Å². The summed E-state index contributed by atoms with van der Waals surface area (Å²) >= 11 is 3.30. The van der Waals surface area contributed by atoms with Gasteiger partial charge in [0.15, 0.2) is 11.5 Å². The van der Waals surface area contributed by atoms with Gasteiger partial charge in [-0.2, -0.15) is 0 Å². The average Bonchev–Trinajstić information content (AvgIpc) is 2.67. The molecule has 1 fully saturated rings. The number of nitrogens with one attached hydrogen (secondary N) is 2. The van der Waals surface area contributed by atoms with E-state index in [0.29, 0.717) is 15.6 Å². The summed E-state index contributed by atoms with van der Waals surface area (Å²) < 4.78 is 11.1. The molecule has 0 aliphatic carbocycles. The fourth-order valence-corrected chi connectivity index (χ4v) is 2.96. The summed E-state index contributed by atoms with van der Waals surface area (Å²) in [6.07, 6.45) is 1.28. The van der Waals surface area contributed by atoms with Crippen LogP contribution in [0.4, 0.5) is 4.79 Å². The van der Waals surface area contributed by atoms with Crippen molar-refractivity contribution in [3.05, 3.63) is 63.6 Å². The summed E-state index contributed by atoms with van der Waals surface area (Å²) in [5, 5.41) is 3.98. The molecule has 0 saturated carbocycles. The second-order valence-corrected chi connectivity index (χ2v) is 6.44. The van der Waals surface area contributed by atoms with E-state index in [9.17, 15) is 19.2 Å². The van der Waals surface area contributed by atoms with E-state index in [1.165, 1.54) is 19.3 Å². The standard InChI is InChI=1S/C19H13BrN2O6/c1-27-14-9-10(7-12-16(23)21-19(26)22-17(12)24)8-13(20)15(14)28-18(25)11-5-3-2-4-6-11/h2-9H,1H3,(H2,21,22,23,24,26). The highest BCUT2D eigenvalue weighted by molar-refractivity contribution is 9.10. The summed E-state index contributed by atoms with van der Waals surface area (Å²) in [4.78, 5) is 47.1. The number of amides is 4. The Morgan fingerprint density at radius 1 is 1.04 bits per heavy atom. The lowest BCUT2D eigenvalue weighted by molar-refractivity contribution is -0.123. The molecule has 1 heterocycles. The van der Waals surface area contributed by atoms with Crippen LogP contribution >= 0.6 is 15.9 Å². The fourth-order valence-electron chi connectivity index (χ4n) is 2.42. The van der Waals surface area contributed by atoms with E-state index in [0.717, 1.165) is 0 Å². The highest BCUT2D eigenvalue weighted by atomic mass is 79.9. The van der Waals surface area contributed by atoms with Crippen LogP contribution in [0.5, 0.6) is 11.5 Å². The first-order chi connectivity index (χ1) is 13.4. The summed E-state index contributed by atoms with van der Waals surface area (Å²) in [5.41, 5.74) is 0.531. The molecule has 4 amide bonds. The van der Waals surface area contributed by atoms with Crippen LogP contribution in [0.3, 0.4) is 0 Å². The van der Waals surface area contributed by atoms with Crippen LogP contribution in [-0.2, 0) is 9.59 Å². The van der Waals surface area contributed by atoms with Crippen LogP contribution in [0.2, 0.25) is 0 Å². The number of imide groups is 2. The molecule has 1 aliphatic heterocycles. The van der Waals surface area contributed by atoms with Crippen molar-refractivity contribution in [2.75, 3.05) is 7.11 Å². The summed E-state index contributed by atoms with van der Waals surface area (Å²) in [6, 6.07) is 10.6. The Morgan fingerprint density at radius 2 is 1.68 bits per heavy atom. The second-order valence-electron chi connectivity index (χ2n) is 5.59. The fraction of sp³-hybridized carbons (Fsp3) is 0.0526. The number of carbonyl (C=O) groups excluding carboxylic acids is 4. The summed E-state index contributed by atoms with van der Waals surface area (Å²) in [5.74, 6) is -1.86. The minimum Gasteiger partial charge on any atom is -0.493 e. The molecular weight excluding hydrogens is 432 g/mol. The minimum absolute atomic E-state index is 0.145. The predicted octanol–water partition coefficient (Wildman–Crippen LogP) is 2.43. The Hall–Kier alpha value is -3.46. The molecule has 1 aliphatic rings. The molecule has 2 aromatic rings. The molecule has 2 aromatic carbocycles. The molecule has 9 heteroatoms. The molecule has 0 spiro atoms. The Labute approximate surface area is 167 Å². The first-order valence-electron chi connectivity index (χ1n) is 7.92. The van der Waals surface area contributed by atoms with Gasteiger partial charge in [-0.1, -0.05) is 18.2 Å². The van der Waals surface area contributed by atoms with Gasteiger partial charge in [-0.05, 0) is 51.8 Å². The highest BCUT2D eigenvalue weighted by Crippen LogP contribution is 2.37. The average molecular weight is 445 g/mol. The van der Waals surface area contributed by atoms with E-state index in [1.807, 2.05) is 10.6 Å². The maximum Gasteiger partial charge on any atom is 0.343 e. The first kappa shape index (κ1) is 19.3. The first-order valence-corrected chi connectivity index (χ1v) is 8.71. The molecule has 2 N–H and O–H groups in total. The van der Waals surface area contributed by atoms with Crippen molar-refractivity contribution in [3.8, 4) is 11.5 Å². The number of benzene rings is 2. The zero-order valence-electron chi connectivity index (χ0n) is 14.4. The Morgan fingerprint density at radius 3 is 2.29 bits per heavy atom. The lowest BCUT2D eigenvalue weighted by Crippen LogP contribution is -2.51. The third kappa shape index (κ3) is 4.09. The molecular formula is C19H13BrN2O6. The van der Waals surface area contributed by atoms with Gasteiger partial charge in [-0.25, -0.2) is 9.59 Å². The maximum atomic E-state index is 12.3. The van der Waals surface area contributed by atoms with Gasteiger partial charge in [0.2, 0.25) is 0 Å². The lowest BCUT2D eigenvalue weighted by Gasteiger charge is -2.15. The predicted molar refractivity (Wildman–Crippen MR) is 102 cm³/mol. The third-order valence-corrected chi connectivity index (χ3v) is 4.30. The summed E-state index contributed by atoms with van der Waals surface area (Å²) in [6.45, 7) is 0. The summed E-state index contributed by atoms with van der Waals surface area (Å²) in [7, 11) is 1.39. The molecule has 3 rings (SSSR count). The van der Waals surface area contributed by atoms with E-state index in [2.05, 4.69) is 15.9 Å². The highest BCUT2D eigenvalue weighted by Gasteiger charge is 2.28.